The van der Waals surface area contributed by atoms with Crippen molar-refractivity contribution in [1.82, 2.24) is 9.80 Å². The number of para-hydroxylation sites is 1. The van der Waals surface area contributed by atoms with Crippen LogP contribution in [0.25, 0.3) is 0 Å². The number of hydrogen-bond acceptors (Lipinski definition) is 5. The summed E-state index contributed by atoms with van der Waals surface area (Å²) in [5.41, 5.74) is 0.724. The molecular formula is C20H26N4O4. The summed E-state index contributed by atoms with van der Waals surface area (Å²) in [6.45, 7) is 2.73. The van der Waals surface area contributed by atoms with Crippen molar-refractivity contribution in [2.75, 3.05) is 32.0 Å². The highest BCUT2D eigenvalue weighted by Crippen LogP contribution is 2.20. The molecule has 1 saturated heterocycles. The molecule has 3 amide bonds. The zero-order valence-electron chi connectivity index (χ0n) is 16.3. The van der Waals surface area contributed by atoms with Crippen LogP contribution < -0.4 is 5.32 Å². The van der Waals surface area contributed by atoms with Crippen LogP contribution >= 0.6 is 0 Å². The molecule has 0 bridgehead atoms. The van der Waals surface area contributed by atoms with Gasteiger partial charge in [-0.15, -0.1) is 0 Å². The van der Waals surface area contributed by atoms with Gasteiger partial charge < -0.3 is 19.9 Å². The maximum atomic E-state index is 12.4. The average molecular weight is 386 g/mol. The molecule has 1 N–H and O–H groups in total. The predicted molar refractivity (Wildman–Crippen MR) is 103 cm³/mol. The topological polar surface area (TPSA) is 103 Å². The molecular weight excluding hydrogens is 360 g/mol. The van der Waals surface area contributed by atoms with Crippen LogP contribution in [-0.4, -0.2) is 60.5 Å². The number of ether oxygens (including phenoxy) is 1. The third-order valence-electron chi connectivity index (χ3n) is 4.72. The summed E-state index contributed by atoms with van der Waals surface area (Å²) in [6, 6.07) is 11.0. The number of urea groups is 1. The molecule has 1 atom stereocenters. The fourth-order valence-electron chi connectivity index (χ4n) is 3.00. The molecule has 1 heterocycles. The molecule has 1 fully saturated rings. The van der Waals surface area contributed by atoms with E-state index in [1.807, 2.05) is 36.4 Å². The summed E-state index contributed by atoms with van der Waals surface area (Å²) < 4.78 is 5.31. The van der Waals surface area contributed by atoms with Gasteiger partial charge in [0, 0.05) is 32.4 Å². The molecule has 8 heteroatoms. The normalized spacial score (nSPS) is 15.2. The molecule has 0 saturated carbocycles. The third-order valence-corrected chi connectivity index (χ3v) is 4.72. The molecule has 0 spiro atoms. The predicted octanol–water partition coefficient (Wildman–Crippen LogP) is 2.23. The first-order valence-corrected chi connectivity index (χ1v) is 9.35. The van der Waals surface area contributed by atoms with E-state index in [0.29, 0.717) is 32.5 Å². The summed E-state index contributed by atoms with van der Waals surface area (Å²) in [6.07, 6.45) is 0.320. The molecule has 0 unspecified atom stereocenters. The molecule has 150 valence electrons. The second-order valence-electron chi connectivity index (χ2n) is 6.80. The van der Waals surface area contributed by atoms with Crippen molar-refractivity contribution in [3.63, 3.8) is 0 Å². The van der Waals surface area contributed by atoms with Crippen molar-refractivity contribution in [3.8, 4) is 6.07 Å². The average Bonchev–Trinajstić information content (AvgIpc) is 2.72. The highest BCUT2D eigenvalue weighted by Gasteiger charge is 2.31. The molecule has 0 aromatic heterocycles. The number of piperidine rings is 1. The van der Waals surface area contributed by atoms with Crippen LogP contribution in [0.15, 0.2) is 30.3 Å². The highest BCUT2D eigenvalue weighted by molar-refractivity contribution is 5.89. The Morgan fingerprint density at radius 1 is 1.29 bits per heavy atom. The number of carbonyl (C=O) groups is 3. The molecule has 1 aromatic carbocycles. The van der Waals surface area contributed by atoms with E-state index in [9.17, 15) is 14.4 Å². The van der Waals surface area contributed by atoms with Crippen molar-refractivity contribution < 1.29 is 19.1 Å². The number of nitrogens with zero attached hydrogens (tertiary/aromatic N) is 3. The number of nitrogens with one attached hydrogen (secondary N) is 1. The van der Waals surface area contributed by atoms with Gasteiger partial charge in [0.25, 0.3) is 5.91 Å². The molecule has 1 aliphatic rings. The largest absolute Gasteiger partial charge is 0.452 e. The van der Waals surface area contributed by atoms with E-state index in [1.165, 1.54) is 11.8 Å². The van der Waals surface area contributed by atoms with Gasteiger partial charge in [-0.1, -0.05) is 18.2 Å². The van der Waals surface area contributed by atoms with Gasteiger partial charge in [0.1, 0.15) is 0 Å². The lowest BCUT2D eigenvalue weighted by atomic mass is 9.97. The Morgan fingerprint density at radius 2 is 1.93 bits per heavy atom. The minimum atomic E-state index is -0.893. The van der Waals surface area contributed by atoms with Gasteiger partial charge >= 0.3 is 12.0 Å². The number of nitriles is 1. The Morgan fingerprint density at radius 3 is 2.54 bits per heavy atom. The van der Waals surface area contributed by atoms with Crippen LogP contribution in [0.5, 0.6) is 0 Å². The maximum Gasteiger partial charge on any atom is 0.321 e. The SMILES string of the molecule is C[C@@H](OC(=O)C1CCN(C(=O)Nc2ccccc2)CC1)C(=O)N(C)CCC#N. The monoisotopic (exact) mass is 386 g/mol. The van der Waals surface area contributed by atoms with E-state index < -0.39 is 12.1 Å². The van der Waals surface area contributed by atoms with E-state index in [1.54, 1.807) is 11.9 Å². The number of benzene rings is 1. The first-order valence-electron chi connectivity index (χ1n) is 9.35. The number of likely N-dealkylation sites (tertiary alicyclic amines) is 1. The van der Waals surface area contributed by atoms with E-state index in [-0.39, 0.29) is 24.3 Å². The number of amides is 3. The Hall–Kier alpha value is -3.08. The van der Waals surface area contributed by atoms with Gasteiger partial charge in [-0.25, -0.2) is 4.79 Å². The fourth-order valence-corrected chi connectivity index (χ4v) is 3.00. The van der Waals surface area contributed by atoms with Gasteiger partial charge in [0.2, 0.25) is 0 Å². The molecule has 1 aromatic rings. The summed E-state index contributed by atoms with van der Waals surface area (Å²) in [7, 11) is 1.58. The number of carbonyl (C=O) groups excluding carboxylic acids is 3. The molecule has 1 aliphatic heterocycles. The molecule has 28 heavy (non-hydrogen) atoms. The lowest BCUT2D eigenvalue weighted by Gasteiger charge is -2.31. The van der Waals surface area contributed by atoms with Gasteiger partial charge in [-0.2, -0.15) is 5.26 Å². The van der Waals surface area contributed by atoms with Crippen molar-refractivity contribution in [2.45, 2.75) is 32.3 Å². The number of rotatable bonds is 6. The van der Waals surface area contributed by atoms with Crippen molar-refractivity contribution in [3.05, 3.63) is 30.3 Å². The van der Waals surface area contributed by atoms with Crippen LogP contribution in [-0.2, 0) is 14.3 Å². The van der Waals surface area contributed by atoms with Crippen molar-refractivity contribution in [1.29, 1.82) is 5.26 Å². The first-order chi connectivity index (χ1) is 13.4. The maximum absolute atomic E-state index is 12.4. The minimum absolute atomic E-state index is 0.194. The number of esters is 1. The summed E-state index contributed by atoms with van der Waals surface area (Å²) in [5, 5.41) is 11.4. The van der Waals surface area contributed by atoms with Gasteiger partial charge in [0.15, 0.2) is 6.10 Å². The van der Waals surface area contributed by atoms with Gasteiger partial charge in [-0.3, -0.25) is 9.59 Å². The summed E-state index contributed by atoms with van der Waals surface area (Å²) in [5.74, 6) is -1.08. The number of anilines is 1. The van der Waals surface area contributed by atoms with Crippen molar-refractivity contribution >= 4 is 23.6 Å². The Kier molecular flexibility index (Phi) is 7.81. The first kappa shape index (κ1) is 21.2. The standard InChI is InChI=1S/C20H26N4O4/c1-15(18(25)23(2)12-6-11-21)28-19(26)16-9-13-24(14-10-16)20(27)22-17-7-4-3-5-8-17/h3-5,7-8,15-16H,6,9-10,12-14H2,1-2H3,(H,22,27)/t15-/m1/s1. The summed E-state index contributed by atoms with van der Waals surface area (Å²) in [4.78, 5) is 39.9. The van der Waals surface area contributed by atoms with Crippen LogP contribution in [0.1, 0.15) is 26.2 Å². The van der Waals surface area contributed by atoms with Crippen LogP contribution in [0.2, 0.25) is 0 Å². The zero-order chi connectivity index (χ0) is 20.5. The molecule has 2 rings (SSSR count). The van der Waals surface area contributed by atoms with E-state index in [2.05, 4.69) is 5.32 Å². The van der Waals surface area contributed by atoms with Crippen LogP contribution in [0.3, 0.4) is 0 Å². The smallest absolute Gasteiger partial charge is 0.321 e. The van der Waals surface area contributed by atoms with Gasteiger partial charge in [-0.05, 0) is 31.9 Å². The molecule has 0 radical (unpaired) electrons. The highest BCUT2D eigenvalue weighted by atomic mass is 16.5. The minimum Gasteiger partial charge on any atom is -0.452 e. The lowest BCUT2D eigenvalue weighted by Crippen LogP contribution is -2.44. The third kappa shape index (κ3) is 5.98. The van der Waals surface area contributed by atoms with Crippen LogP contribution in [0.4, 0.5) is 10.5 Å². The Balaban J connectivity index is 1.77. The van der Waals surface area contributed by atoms with Crippen LogP contribution in [0, 0.1) is 17.2 Å². The van der Waals surface area contributed by atoms with E-state index >= 15 is 0 Å². The summed E-state index contributed by atoms with van der Waals surface area (Å²) >= 11 is 0. The van der Waals surface area contributed by atoms with Crippen molar-refractivity contribution in [2.24, 2.45) is 5.92 Å². The van der Waals surface area contributed by atoms with E-state index in [4.69, 9.17) is 10.00 Å². The Labute approximate surface area is 165 Å². The second-order valence-corrected chi connectivity index (χ2v) is 6.80. The van der Waals surface area contributed by atoms with Gasteiger partial charge in [0.05, 0.1) is 18.4 Å². The number of likely N-dealkylation sites (N-methyl/N-ethyl adjacent to an activating group) is 1. The quantitative estimate of drug-likeness (QED) is 0.755. The number of hydrogen-bond donors (Lipinski definition) is 1. The lowest BCUT2D eigenvalue weighted by molar-refractivity contribution is -0.163. The van der Waals surface area contributed by atoms with E-state index in [0.717, 1.165) is 5.69 Å². The Bertz CT molecular complexity index is 723. The zero-order valence-corrected chi connectivity index (χ0v) is 16.3. The molecule has 0 aliphatic carbocycles. The second kappa shape index (κ2) is 10.3. The molecule has 8 nitrogen and oxygen atoms in total. The fraction of sp³-hybridized carbons (Fsp3) is 0.500.